The molecule has 1 fully saturated rings. The third kappa shape index (κ3) is 3.13. The van der Waals surface area contributed by atoms with Crippen LogP contribution in [0.5, 0.6) is 0 Å². The molecule has 0 bridgehead atoms. The van der Waals surface area contributed by atoms with Crippen molar-refractivity contribution in [1.82, 2.24) is 4.98 Å². The first-order valence-corrected chi connectivity index (χ1v) is 8.07. The van der Waals surface area contributed by atoms with Crippen molar-refractivity contribution in [1.29, 1.82) is 0 Å². The number of nitrogens with zero attached hydrogens (tertiary/aromatic N) is 1. The molecule has 0 N–H and O–H groups in total. The van der Waals surface area contributed by atoms with Crippen molar-refractivity contribution >= 4 is 24.2 Å². The minimum absolute atomic E-state index is 0.345. The summed E-state index contributed by atoms with van der Waals surface area (Å²) in [5.74, 6) is 0. The van der Waals surface area contributed by atoms with E-state index in [0.29, 0.717) is 5.15 Å². The molecule has 1 saturated heterocycles. The van der Waals surface area contributed by atoms with Gasteiger partial charge in [0.15, 0.2) is 0 Å². The van der Waals surface area contributed by atoms with E-state index in [9.17, 15) is 0 Å². The molecule has 1 aliphatic rings. The Bertz CT molecular complexity index is 515. The summed E-state index contributed by atoms with van der Waals surface area (Å²) < 4.78 is 12.4. The maximum absolute atomic E-state index is 6.22. The molecular formula is C16H25BClNO2. The summed E-state index contributed by atoms with van der Waals surface area (Å²) in [5.41, 5.74) is 2.51. The van der Waals surface area contributed by atoms with Crippen LogP contribution in [0.15, 0.2) is 6.20 Å². The van der Waals surface area contributed by atoms with Gasteiger partial charge in [-0.2, -0.15) is 0 Å². The Morgan fingerprint density at radius 2 is 1.76 bits per heavy atom. The Labute approximate surface area is 133 Å². The first-order valence-electron chi connectivity index (χ1n) is 7.69. The molecule has 2 rings (SSSR count). The fraction of sp³-hybridized carbons (Fsp3) is 0.688. The molecule has 1 aliphatic heterocycles. The monoisotopic (exact) mass is 309 g/mol. The van der Waals surface area contributed by atoms with Crippen LogP contribution >= 0.6 is 11.6 Å². The third-order valence-electron chi connectivity index (χ3n) is 4.68. The van der Waals surface area contributed by atoms with Crippen LogP contribution < -0.4 is 5.46 Å². The minimum atomic E-state index is -0.373. The Morgan fingerprint density at radius 1 is 1.19 bits per heavy atom. The number of halogens is 1. The Kier molecular flexibility index (Phi) is 4.72. The highest BCUT2D eigenvalue weighted by Crippen LogP contribution is 2.37. The lowest BCUT2D eigenvalue weighted by Crippen LogP contribution is -2.41. The SMILES string of the molecule is CCCCc1cnc(Cl)c(C)c1B1OC(C)(C)C(C)(C)O1. The van der Waals surface area contributed by atoms with E-state index in [1.807, 2.05) is 13.1 Å². The number of aryl methyl sites for hydroxylation is 1. The number of rotatable bonds is 4. The molecule has 0 spiro atoms. The number of unbranched alkanes of at least 4 members (excludes halogenated alkanes) is 1. The lowest BCUT2D eigenvalue weighted by atomic mass is 9.73. The van der Waals surface area contributed by atoms with Crippen LogP contribution in [0.3, 0.4) is 0 Å². The van der Waals surface area contributed by atoms with E-state index < -0.39 is 0 Å². The van der Waals surface area contributed by atoms with Gasteiger partial charge in [0.25, 0.3) is 0 Å². The van der Waals surface area contributed by atoms with Crippen molar-refractivity contribution in [3.8, 4) is 0 Å². The number of hydrogen-bond acceptors (Lipinski definition) is 3. The summed E-state index contributed by atoms with van der Waals surface area (Å²) in [6, 6.07) is 0. The average Bonchev–Trinajstić information content (AvgIpc) is 2.59. The van der Waals surface area contributed by atoms with Crippen LogP contribution in [0.4, 0.5) is 0 Å². The van der Waals surface area contributed by atoms with Gasteiger partial charge in [-0.15, -0.1) is 0 Å². The molecule has 0 aromatic carbocycles. The fourth-order valence-electron chi connectivity index (χ4n) is 2.51. The number of pyridine rings is 1. The molecular weight excluding hydrogens is 284 g/mol. The van der Waals surface area contributed by atoms with Gasteiger partial charge in [-0.25, -0.2) is 4.98 Å². The standard InChI is InChI=1S/C16H25BClNO2/c1-7-8-9-12-10-19-14(18)11(2)13(12)17-20-15(3,4)16(5,6)21-17/h10H,7-9H2,1-6H3. The highest BCUT2D eigenvalue weighted by atomic mass is 35.5. The van der Waals surface area contributed by atoms with Crippen LogP contribution in [-0.4, -0.2) is 23.3 Å². The normalized spacial score (nSPS) is 20.0. The zero-order valence-corrected chi connectivity index (χ0v) is 14.7. The summed E-state index contributed by atoms with van der Waals surface area (Å²) in [5, 5.41) is 0.528. The van der Waals surface area contributed by atoms with Crippen LogP contribution in [0, 0.1) is 6.92 Å². The van der Waals surface area contributed by atoms with Crippen molar-refractivity contribution in [3.05, 3.63) is 22.5 Å². The molecule has 1 aromatic heterocycles. The quantitative estimate of drug-likeness (QED) is 0.628. The van der Waals surface area contributed by atoms with Crippen molar-refractivity contribution < 1.29 is 9.31 Å². The first kappa shape index (κ1) is 16.8. The van der Waals surface area contributed by atoms with E-state index in [2.05, 4.69) is 39.6 Å². The van der Waals surface area contributed by atoms with Crippen molar-refractivity contribution in [2.75, 3.05) is 0 Å². The highest BCUT2D eigenvalue weighted by molar-refractivity contribution is 6.63. The number of hydrogen-bond donors (Lipinski definition) is 0. The van der Waals surface area contributed by atoms with Gasteiger partial charge in [-0.1, -0.05) is 24.9 Å². The molecule has 3 nitrogen and oxygen atoms in total. The molecule has 0 saturated carbocycles. The van der Waals surface area contributed by atoms with Crippen LogP contribution in [-0.2, 0) is 15.7 Å². The van der Waals surface area contributed by atoms with Gasteiger partial charge in [0.1, 0.15) is 5.15 Å². The molecule has 0 aliphatic carbocycles. The topological polar surface area (TPSA) is 31.4 Å². The second-order valence-electron chi connectivity index (χ2n) is 6.80. The van der Waals surface area contributed by atoms with E-state index >= 15 is 0 Å². The second-order valence-corrected chi connectivity index (χ2v) is 7.16. The van der Waals surface area contributed by atoms with Crippen LogP contribution in [0.25, 0.3) is 0 Å². The minimum Gasteiger partial charge on any atom is -0.399 e. The largest absolute Gasteiger partial charge is 0.495 e. The molecule has 0 amide bonds. The van der Waals surface area contributed by atoms with E-state index in [1.54, 1.807) is 0 Å². The molecule has 1 aromatic rings. The van der Waals surface area contributed by atoms with Gasteiger partial charge < -0.3 is 9.31 Å². The van der Waals surface area contributed by atoms with E-state index in [1.165, 1.54) is 5.56 Å². The fourth-order valence-corrected chi connectivity index (χ4v) is 2.66. The molecule has 0 unspecified atom stereocenters. The molecule has 0 radical (unpaired) electrons. The summed E-state index contributed by atoms with van der Waals surface area (Å²) >= 11 is 6.22. The molecule has 21 heavy (non-hydrogen) atoms. The molecule has 2 heterocycles. The van der Waals surface area contributed by atoms with E-state index in [0.717, 1.165) is 30.3 Å². The van der Waals surface area contributed by atoms with Gasteiger partial charge >= 0.3 is 7.12 Å². The summed E-state index contributed by atoms with van der Waals surface area (Å²) in [6.07, 6.45) is 5.10. The predicted octanol–water partition coefficient (Wildman–Crippen LogP) is 3.69. The molecule has 0 atom stereocenters. The third-order valence-corrected chi connectivity index (χ3v) is 5.06. The lowest BCUT2D eigenvalue weighted by Gasteiger charge is -2.32. The maximum atomic E-state index is 6.22. The van der Waals surface area contributed by atoms with Gasteiger partial charge in [-0.3, -0.25) is 0 Å². The Morgan fingerprint density at radius 3 is 2.29 bits per heavy atom. The van der Waals surface area contributed by atoms with Gasteiger partial charge in [0.05, 0.1) is 11.2 Å². The zero-order valence-electron chi connectivity index (χ0n) is 13.9. The Hall–Kier alpha value is -0.575. The predicted molar refractivity (Wildman–Crippen MR) is 88.3 cm³/mol. The Balaban J connectivity index is 2.41. The highest BCUT2D eigenvalue weighted by Gasteiger charge is 2.52. The first-order chi connectivity index (χ1) is 9.69. The van der Waals surface area contributed by atoms with Crippen molar-refractivity contribution in [2.24, 2.45) is 0 Å². The summed E-state index contributed by atoms with van der Waals surface area (Å²) in [7, 11) is -0.373. The summed E-state index contributed by atoms with van der Waals surface area (Å²) in [6.45, 7) is 12.4. The van der Waals surface area contributed by atoms with Crippen LogP contribution in [0.1, 0.15) is 58.6 Å². The second kappa shape index (κ2) is 5.90. The number of aromatic nitrogens is 1. The van der Waals surface area contributed by atoms with E-state index in [4.69, 9.17) is 20.9 Å². The smallest absolute Gasteiger partial charge is 0.399 e. The van der Waals surface area contributed by atoms with Crippen molar-refractivity contribution in [2.45, 2.75) is 72.0 Å². The lowest BCUT2D eigenvalue weighted by molar-refractivity contribution is 0.00578. The van der Waals surface area contributed by atoms with Gasteiger partial charge in [-0.05, 0) is 64.1 Å². The van der Waals surface area contributed by atoms with Crippen LogP contribution in [0.2, 0.25) is 5.15 Å². The maximum Gasteiger partial charge on any atom is 0.495 e. The molecule has 116 valence electrons. The van der Waals surface area contributed by atoms with E-state index in [-0.39, 0.29) is 18.3 Å². The van der Waals surface area contributed by atoms with Gasteiger partial charge in [0, 0.05) is 6.20 Å². The van der Waals surface area contributed by atoms with Gasteiger partial charge in [0.2, 0.25) is 0 Å². The zero-order chi connectivity index (χ0) is 15.8. The summed E-state index contributed by atoms with van der Waals surface area (Å²) in [4.78, 5) is 4.29. The van der Waals surface area contributed by atoms with Crippen molar-refractivity contribution in [3.63, 3.8) is 0 Å². The average molecular weight is 310 g/mol. The molecule has 5 heteroatoms.